The highest BCUT2D eigenvalue weighted by atomic mass is 35.5. The van der Waals surface area contributed by atoms with Crippen molar-refractivity contribution in [1.82, 2.24) is 10.1 Å². The lowest BCUT2D eigenvalue weighted by Gasteiger charge is -2.05. The quantitative estimate of drug-likeness (QED) is 0.536. The van der Waals surface area contributed by atoms with Crippen molar-refractivity contribution in [2.75, 3.05) is 6.26 Å². The molecule has 1 amide bonds. The lowest BCUT2D eigenvalue weighted by atomic mass is 10.1. The van der Waals surface area contributed by atoms with Crippen LogP contribution in [0.4, 0.5) is 17.6 Å². The third kappa shape index (κ3) is 4.62. The summed E-state index contributed by atoms with van der Waals surface area (Å²) >= 11 is 5.76. The Kier molecular flexibility index (Phi) is 5.46. The number of amides is 1. The van der Waals surface area contributed by atoms with Crippen LogP contribution < -0.4 is 0 Å². The molecule has 3 aromatic rings. The smallest absolute Gasteiger partial charge is 0.329 e. The highest BCUT2D eigenvalue weighted by Gasteiger charge is 2.38. The zero-order valence-electron chi connectivity index (χ0n) is 14.4. The van der Waals surface area contributed by atoms with Gasteiger partial charge in [-0.3, -0.25) is 4.79 Å². The van der Waals surface area contributed by atoms with Crippen LogP contribution in [-0.4, -0.2) is 26.5 Å². The van der Waals surface area contributed by atoms with E-state index in [-0.39, 0.29) is 10.5 Å². The number of alkyl halides is 3. The summed E-state index contributed by atoms with van der Waals surface area (Å²) in [5.74, 6) is -4.31. The lowest BCUT2D eigenvalue weighted by Crippen LogP contribution is -2.05. The Balaban J connectivity index is 1.92. The third-order valence-electron chi connectivity index (χ3n) is 3.63. The van der Waals surface area contributed by atoms with E-state index in [1.807, 2.05) is 0 Å². The number of nitrogens with zero attached hydrogens (tertiary/aromatic N) is 3. The second kappa shape index (κ2) is 7.56. The van der Waals surface area contributed by atoms with Crippen LogP contribution in [0.25, 0.3) is 11.4 Å². The van der Waals surface area contributed by atoms with Crippen LogP contribution in [0, 0.1) is 5.82 Å². The van der Waals surface area contributed by atoms with Gasteiger partial charge in [0.25, 0.3) is 5.91 Å². The molecule has 0 aliphatic carbocycles. The Morgan fingerprint density at radius 3 is 2.38 bits per heavy atom. The first-order chi connectivity index (χ1) is 13.5. The monoisotopic (exact) mass is 447 g/mol. The Bertz CT molecular complexity index is 1200. The molecule has 0 saturated heterocycles. The number of hydrogen-bond acceptors (Lipinski definition) is 5. The number of aromatic nitrogens is 2. The van der Waals surface area contributed by atoms with Crippen LogP contribution in [0.2, 0.25) is 5.02 Å². The Labute approximate surface area is 166 Å². The van der Waals surface area contributed by atoms with Gasteiger partial charge in [-0.25, -0.2) is 8.60 Å². The summed E-state index contributed by atoms with van der Waals surface area (Å²) in [6, 6.07) is 8.69. The first kappa shape index (κ1) is 20.9. The molecule has 1 atom stereocenters. The number of carbonyl (C=O) groups is 1. The molecule has 1 unspecified atom stereocenters. The topological polar surface area (TPSA) is 85.4 Å². The summed E-state index contributed by atoms with van der Waals surface area (Å²) in [6.45, 7) is 0. The lowest BCUT2D eigenvalue weighted by molar-refractivity contribution is -0.159. The summed E-state index contributed by atoms with van der Waals surface area (Å²) in [4.78, 5) is 15.6. The minimum atomic E-state index is -4.88. The van der Waals surface area contributed by atoms with Crippen molar-refractivity contribution in [3.63, 3.8) is 0 Å². The fourth-order valence-electron chi connectivity index (χ4n) is 2.23. The van der Waals surface area contributed by atoms with Crippen molar-refractivity contribution < 1.29 is 31.1 Å². The standard InChI is InChI=1S/C17H10ClF4N3O3S/c1-29(27,11-5-3-10(18)4-6-11)25-15(26)9-2-7-12(13(19)8-9)14-23-16(28-24-14)17(20,21)22/h2-8H,1H3. The van der Waals surface area contributed by atoms with Gasteiger partial charge in [-0.2, -0.15) is 22.5 Å². The van der Waals surface area contributed by atoms with Crippen molar-refractivity contribution in [3.05, 3.63) is 64.8 Å². The van der Waals surface area contributed by atoms with Gasteiger partial charge in [0.2, 0.25) is 5.82 Å². The second-order valence-electron chi connectivity index (χ2n) is 5.77. The molecule has 0 aliphatic rings. The SMILES string of the molecule is CS(=O)(=NC(=O)c1ccc(-c2noc(C(F)(F)F)n2)c(F)c1)c1ccc(Cl)cc1. The summed E-state index contributed by atoms with van der Waals surface area (Å²) in [5, 5.41) is 3.49. The predicted molar refractivity (Wildman–Crippen MR) is 95.2 cm³/mol. The molecule has 2 aromatic carbocycles. The molecule has 1 heterocycles. The normalized spacial score (nSPS) is 13.7. The van der Waals surface area contributed by atoms with E-state index in [1.54, 1.807) is 0 Å². The van der Waals surface area contributed by atoms with Crippen LogP contribution >= 0.6 is 11.6 Å². The fraction of sp³-hybridized carbons (Fsp3) is 0.118. The minimum Gasteiger partial charge on any atom is -0.329 e. The van der Waals surface area contributed by atoms with Gasteiger partial charge >= 0.3 is 12.1 Å². The zero-order valence-corrected chi connectivity index (χ0v) is 16.0. The molecule has 0 spiro atoms. The van der Waals surface area contributed by atoms with Crippen molar-refractivity contribution in [1.29, 1.82) is 0 Å². The summed E-state index contributed by atoms with van der Waals surface area (Å²) < 4.78 is 72.3. The van der Waals surface area contributed by atoms with Crippen molar-refractivity contribution in [2.24, 2.45) is 4.36 Å². The molecule has 1 aromatic heterocycles. The molecule has 0 radical (unpaired) electrons. The van der Waals surface area contributed by atoms with Gasteiger partial charge in [-0.15, -0.1) is 0 Å². The number of rotatable bonds is 3. The number of hydrogen-bond donors (Lipinski definition) is 0. The molecule has 0 N–H and O–H groups in total. The first-order valence-corrected chi connectivity index (χ1v) is 10.0. The third-order valence-corrected chi connectivity index (χ3v) is 5.55. The number of benzene rings is 2. The van der Waals surface area contributed by atoms with E-state index in [2.05, 4.69) is 19.0 Å². The Hall–Kier alpha value is -2.79. The maximum atomic E-state index is 14.3. The molecule has 0 fully saturated rings. The summed E-state index contributed by atoms with van der Waals surface area (Å²) in [5.41, 5.74) is -0.662. The average Bonchev–Trinajstić information content (AvgIpc) is 3.12. The van der Waals surface area contributed by atoms with E-state index >= 15 is 0 Å². The molecule has 29 heavy (non-hydrogen) atoms. The molecular formula is C17H10ClF4N3O3S. The summed E-state index contributed by atoms with van der Waals surface area (Å²) in [7, 11) is -3.13. The van der Waals surface area contributed by atoms with Crippen molar-refractivity contribution in [2.45, 2.75) is 11.1 Å². The molecular weight excluding hydrogens is 438 g/mol. The predicted octanol–water partition coefficient (Wildman–Crippen LogP) is 4.85. The van der Waals surface area contributed by atoms with Crippen LogP contribution in [0.3, 0.4) is 0 Å². The van der Waals surface area contributed by atoms with Crippen LogP contribution in [-0.2, 0) is 15.9 Å². The highest BCUT2D eigenvalue weighted by molar-refractivity contribution is 7.93. The Morgan fingerprint density at radius 2 is 1.83 bits per heavy atom. The number of halogens is 5. The molecule has 3 rings (SSSR count). The molecule has 152 valence electrons. The van der Waals surface area contributed by atoms with Gasteiger partial charge in [-0.1, -0.05) is 16.8 Å². The van der Waals surface area contributed by atoms with Gasteiger partial charge in [0, 0.05) is 21.7 Å². The number of carbonyl (C=O) groups excluding carboxylic acids is 1. The fourth-order valence-corrected chi connectivity index (χ4v) is 3.52. The molecule has 0 bridgehead atoms. The van der Waals surface area contributed by atoms with Gasteiger partial charge < -0.3 is 4.52 Å². The minimum absolute atomic E-state index is 0.249. The van der Waals surface area contributed by atoms with Gasteiger partial charge in [0.15, 0.2) is 0 Å². The first-order valence-electron chi connectivity index (χ1n) is 7.70. The molecule has 6 nitrogen and oxygen atoms in total. The van der Waals surface area contributed by atoms with Crippen LogP contribution in [0.1, 0.15) is 16.2 Å². The van der Waals surface area contributed by atoms with E-state index < -0.39 is 44.9 Å². The van der Waals surface area contributed by atoms with E-state index in [0.717, 1.165) is 18.2 Å². The van der Waals surface area contributed by atoms with E-state index in [4.69, 9.17) is 11.6 Å². The maximum Gasteiger partial charge on any atom is 0.471 e. The van der Waals surface area contributed by atoms with Crippen molar-refractivity contribution >= 4 is 27.2 Å². The molecule has 12 heteroatoms. The van der Waals surface area contributed by atoms with E-state index in [1.165, 1.54) is 30.5 Å². The molecule has 0 aliphatic heterocycles. The van der Waals surface area contributed by atoms with Crippen molar-refractivity contribution in [3.8, 4) is 11.4 Å². The second-order valence-corrected chi connectivity index (χ2v) is 8.46. The van der Waals surface area contributed by atoms with Crippen LogP contribution in [0.15, 0.2) is 56.2 Å². The highest BCUT2D eigenvalue weighted by Crippen LogP contribution is 2.30. The van der Waals surface area contributed by atoms with Gasteiger partial charge in [0.1, 0.15) is 5.82 Å². The molecule has 0 saturated carbocycles. The van der Waals surface area contributed by atoms with E-state index in [9.17, 15) is 26.6 Å². The van der Waals surface area contributed by atoms with Gasteiger partial charge in [-0.05, 0) is 42.5 Å². The average molecular weight is 448 g/mol. The zero-order chi connectivity index (χ0) is 21.4. The van der Waals surface area contributed by atoms with Crippen LogP contribution in [0.5, 0.6) is 0 Å². The van der Waals surface area contributed by atoms with Gasteiger partial charge in [0.05, 0.1) is 15.3 Å². The largest absolute Gasteiger partial charge is 0.471 e. The van der Waals surface area contributed by atoms with E-state index in [0.29, 0.717) is 5.02 Å². The Morgan fingerprint density at radius 1 is 1.17 bits per heavy atom. The maximum absolute atomic E-state index is 14.3. The summed E-state index contributed by atoms with van der Waals surface area (Å²) in [6.07, 6.45) is -3.64.